The van der Waals surface area contributed by atoms with Crippen molar-refractivity contribution in [3.05, 3.63) is 34.2 Å². The van der Waals surface area contributed by atoms with E-state index in [9.17, 15) is 4.79 Å². The highest BCUT2D eigenvalue weighted by Crippen LogP contribution is 2.18. The van der Waals surface area contributed by atoms with Gasteiger partial charge in [-0.1, -0.05) is 0 Å². The van der Waals surface area contributed by atoms with Gasteiger partial charge in [-0.05, 0) is 34.5 Å². The highest BCUT2D eigenvalue weighted by Gasteiger charge is 2.06. The second kappa shape index (κ2) is 3.20. The quantitative estimate of drug-likeness (QED) is 0.732. The van der Waals surface area contributed by atoms with Gasteiger partial charge >= 0.3 is 0 Å². The Bertz CT molecular complexity index is 477. The zero-order valence-corrected chi connectivity index (χ0v) is 9.50. The van der Waals surface area contributed by atoms with Crippen molar-refractivity contribution in [1.82, 2.24) is 9.38 Å². The van der Waals surface area contributed by atoms with Gasteiger partial charge in [-0.2, -0.15) is 0 Å². The molecule has 0 aromatic carbocycles. The molecular formula is C10H9BrN2O. The molecule has 0 aliphatic rings. The number of halogens is 1. The van der Waals surface area contributed by atoms with Crippen LogP contribution in [-0.2, 0) is 0 Å². The van der Waals surface area contributed by atoms with Crippen molar-refractivity contribution < 1.29 is 4.79 Å². The third-order valence-electron chi connectivity index (χ3n) is 2.10. The highest BCUT2D eigenvalue weighted by atomic mass is 79.9. The smallest absolute Gasteiger partial charge is 0.179 e. The summed E-state index contributed by atoms with van der Waals surface area (Å²) in [5.74, 6) is -0.0116. The molecule has 14 heavy (non-hydrogen) atoms. The predicted molar refractivity (Wildman–Crippen MR) is 57.6 cm³/mol. The maximum Gasteiger partial charge on any atom is 0.179 e. The number of hydrogen-bond acceptors (Lipinski definition) is 2. The lowest BCUT2D eigenvalue weighted by atomic mass is 10.3. The van der Waals surface area contributed by atoms with Gasteiger partial charge in [0.25, 0.3) is 0 Å². The third-order valence-corrected chi connectivity index (χ3v) is 2.93. The van der Waals surface area contributed by atoms with Gasteiger partial charge in [-0.3, -0.25) is 4.79 Å². The van der Waals surface area contributed by atoms with Crippen LogP contribution in [0.2, 0.25) is 0 Å². The highest BCUT2D eigenvalue weighted by molar-refractivity contribution is 9.10. The van der Waals surface area contributed by atoms with Gasteiger partial charge in [-0.25, -0.2) is 4.98 Å². The number of carbonyl (C=O) groups is 1. The monoisotopic (exact) mass is 252 g/mol. The molecule has 2 aromatic rings. The molecule has 0 atom stereocenters. The van der Waals surface area contributed by atoms with E-state index in [-0.39, 0.29) is 5.78 Å². The lowest BCUT2D eigenvalue weighted by molar-refractivity contribution is 0.101. The molecule has 0 spiro atoms. The van der Waals surface area contributed by atoms with Crippen molar-refractivity contribution in [3.63, 3.8) is 0 Å². The van der Waals surface area contributed by atoms with Crippen molar-refractivity contribution in [1.29, 1.82) is 0 Å². The average molecular weight is 253 g/mol. The SMILES string of the molecule is CC(=O)c1cn2cc(Br)c(C)cc2n1. The lowest BCUT2D eigenvalue weighted by Crippen LogP contribution is -1.89. The van der Waals surface area contributed by atoms with Crippen LogP contribution < -0.4 is 0 Å². The Kier molecular flexibility index (Phi) is 2.15. The topological polar surface area (TPSA) is 34.4 Å². The van der Waals surface area contributed by atoms with Gasteiger partial charge in [0.2, 0.25) is 0 Å². The molecule has 0 bridgehead atoms. The Morgan fingerprint density at radius 2 is 2.21 bits per heavy atom. The third kappa shape index (κ3) is 1.46. The fourth-order valence-corrected chi connectivity index (χ4v) is 1.61. The van der Waals surface area contributed by atoms with E-state index < -0.39 is 0 Å². The van der Waals surface area contributed by atoms with E-state index in [1.807, 2.05) is 23.6 Å². The van der Waals surface area contributed by atoms with Gasteiger partial charge in [0, 0.05) is 23.8 Å². The predicted octanol–water partition coefficient (Wildman–Crippen LogP) is 2.61. The minimum absolute atomic E-state index is 0.0116. The summed E-state index contributed by atoms with van der Waals surface area (Å²) in [6, 6.07) is 1.94. The molecule has 0 unspecified atom stereocenters. The maximum atomic E-state index is 11.1. The molecule has 0 N–H and O–H groups in total. The molecule has 4 heteroatoms. The Labute approximate surface area is 89.9 Å². The molecule has 3 nitrogen and oxygen atoms in total. The summed E-state index contributed by atoms with van der Waals surface area (Å²) in [7, 11) is 0. The van der Waals surface area contributed by atoms with Crippen LogP contribution in [0, 0.1) is 6.92 Å². The molecule has 0 saturated carbocycles. The van der Waals surface area contributed by atoms with Crippen molar-refractivity contribution in [2.24, 2.45) is 0 Å². The Morgan fingerprint density at radius 3 is 2.86 bits per heavy atom. The number of aromatic nitrogens is 2. The van der Waals surface area contributed by atoms with Crippen LogP contribution in [0.15, 0.2) is 22.9 Å². The zero-order chi connectivity index (χ0) is 10.3. The Hall–Kier alpha value is -1.16. The fourth-order valence-electron chi connectivity index (χ4n) is 1.27. The largest absolute Gasteiger partial charge is 0.305 e. The molecule has 0 amide bonds. The van der Waals surface area contributed by atoms with Gasteiger partial charge < -0.3 is 4.40 Å². The van der Waals surface area contributed by atoms with Crippen molar-refractivity contribution in [2.45, 2.75) is 13.8 Å². The molecule has 0 fully saturated rings. The first-order valence-electron chi connectivity index (χ1n) is 4.24. The summed E-state index contributed by atoms with van der Waals surface area (Å²) in [5.41, 5.74) is 2.41. The summed E-state index contributed by atoms with van der Waals surface area (Å²) in [5, 5.41) is 0. The van der Waals surface area contributed by atoms with Gasteiger partial charge in [0.05, 0.1) is 0 Å². The summed E-state index contributed by atoms with van der Waals surface area (Å²) in [6.07, 6.45) is 3.64. The molecule has 72 valence electrons. The molecule has 2 aromatic heterocycles. The number of fused-ring (bicyclic) bond motifs is 1. The number of imidazole rings is 1. The maximum absolute atomic E-state index is 11.1. The van der Waals surface area contributed by atoms with E-state index >= 15 is 0 Å². The number of hydrogen-bond donors (Lipinski definition) is 0. The number of carbonyl (C=O) groups excluding carboxylic acids is 1. The lowest BCUT2D eigenvalue weighted by Gasteiger charge is -1.98. The van der Waals surface area contributed by atoms with Crippen molar-refractivity contribution >= 4 is 27.4 Å². The first-order chi connectivity index (χ1) is 6.58. The van der Waals surface area contributed by atoms with Gasteiger partial charge in [0.15, 0.2) is 5.78 Å². The molecule has 0 aliphatic heterocycles. The van der Waals surface area contributed by atoms with E-state index in [0.717, 1.165) is 15.7 Å². The van der Waals surface area contributed by atoms with E-state index in [1.165, 1.54) is 6.92 Å². The Balaban J connectivity index is 2.72. The fraction of sp³-hybridized carbons (Fsp3) is 0.200. The summed E-state index contributed by atoms with van der Waals surface area (Å²) < 4.78 is 2.85. The van der Waals surface area contributed by atoms with Crippen LogP contribution >= 0.6 is 15.9 Å². The molecule has 0 aliphatic carbocycles. The van der Waals surface area contributed by atoms with Crippen molar-refractivity contribution in [2.75, 3.05) is 0 Å². The Morgan fingerprint density at radius 1 is 1.50 bits per heavy atom. The summed E-state index contributed by atoms with van der Waals surface area (Å²) in [4.78, 5) is 15.3. The number of nitrogens with zero attached hydrogens (tertiary/aromatic N) is 2. The van der Waals surface area contributed by atoms with E-state index in [4.69, 9.17) is 0 Å². The molecule has 0 saturated heterocycles. The first kappa shape index (κ1) is 9.40. The number of ketones is 1. The molecule has 2 heterocycles. The summed E-state index contributed by atoms with van der Waals surface area (Å²) in [6.45, 7) is 3.51. The van der Waals surface area contributed by atoms with E-state index in [0.29, 0.717) is 5.69 Å². The van der Waals surface area contributed by atoms with Crippen LogP contribution in [0.1, 0.15) is 23.0 Å². The second-order valence-electron chi connectivity index (χ2n) is 3.25. The number of aryl methyl sites for hydroxylation is 1. The van der Waals surface area contributed by atoms with Gasteiger partial charge in [-0.15, -0.1) is 0 Å². The molecule has 0 radical (unpaired) electrons. The number of rotatable bonds is 1. The standard InChI is InChI=1S/C10H9BrN2O/c1-6-3-10-12-9(7(2)14)5-13(10)4-8(6)11/h3-5H,1-2H3. The first-order valence-corrected chi connectivity index (χ1v) is 5.03. The average Bonchev–Trinajstić information content (AvgIpc) is 2.48. The molecule has 2 rings (SSSR count). The van der Waals surface area contributed by atoms with E-state index in [1.54, 1.807) is 6.20 Å². The minimum Gasteiger partial charge on any atom is -0.305 e. The van der Waals surface area contributed by atoms with Crippen molar-refractivity contribution in [3.8, 4) is 0 Å². The van der Waals surface area contributed by atoms with Crippen LogP contribution in [0.5, 0.6) is 0 Å². The van der Waals surface area contributed by atoms with Crippen LogP contribution in [0.25, 0.3) is 5.65 Å². The van der Waals surface area contributed by atoms with Crippen LogP contribution in [-0.4, -0.2) is 15.2 Å². The van der Waals surface area contributed by atoms with Gasteiger partial charge in [0.1, 0.15) is 11.3 Å². The van der Waals surface area contributed by atoms with Crippen LogP contribution in [0.3, 0.4) is 0 Å². The molecular weight excluding hydrogens is 244 g/mol. The second-order valence-corrected chi connectivity index (χ2v) is 4.11. The minimum atomic E-state index is -0.0116. The van der Waals surface area contributed by atoms with Crippen LogP contribution in [0.4, 0.5) is 0 Å². The van der Waals surface area contributed by atoms with E-state index in [2.05, 4.69) is 20.9 Å². The normalized spacial score (nSPS) is 10.8. The summed E-state index contributed by atoms with van der Waals surface area (Å²) >= 11 is 3.43. The number of pyridine rings is 1. The zero-order valence-electron chi connectivity index (χ0n) is 7.91. The number of Topliss-reactive ketones (excluding diaryl/α,β-unsaturated/α-hetero) is 1.